The summed E-state index contributed by atoms with van der Waals surface area (Å²) in [5.74, 6) is 0.112. The van der Waals surface area contributed by atoms with Gasteiger partial charge in [-0.05, 0) is 56.7 Å². The first-order valence-electron chi connectivity index (χ1n) is 9.77. The van der Waals surface area contributed by atoms with Gasteiger partial charge in [0, 0.05) is 12.1 Å². The summed E-state index contributed by atoms with van der Waals surface area (Å²) in [5, 5.41) is 7.09. The number of methoxy groups -OCH3 is 1. The summed E-state index contributed by atoms with van der Waals surface area (Å²) in [4.78, 5) is 23.5. The second-order valence-corrected chi connectivity index (χ2v) is 7.94. The van der Waals surface area contributed by atoms with Gasteiger partial charge in [0.2, 0.25) is 0 Å². The first-order valence-corrected chi connectivity index (χ1v) is 9.77. The van der Waals surface area contributed by atoms with Crippen molar-refractivity contribution in [2.24, 2.45) is 5.73 Å². The van der Waals surface area contributed by atoms with Gasteiger partial charge >= 0.3 is 6.09 Å². The average molecular weight is 422 g/mol. The fraction of sp³-hybridized carbons (Fsp3) is 0.261. The lowest BCUT2D eigenvalue weighted by molar-refractivity contribution is 0.0523. The van der Waals surface area contributed by atoms with Gasteiger partial charge in [-0.15, -0.1) is 0 Å². The minimum atomic E-state index is -0.605. The maximum atomic E-state index is 11.8. The summed E-state index contributed by atoms with van der Waals surface area (Å²) in [6.45, 7) is 5.77. The summed E-state index contributed by atoms with van der Waals surface area (Å²) in [6.07, 6.45) is -0.472. The normalized spacial score (nSPS) is 11.1. The molecule has 31 heavy (non-hydrogen) atoms. The van der Waals surface area contributed by atoms with E-state index in [0.29, 0.717) is 12.2 Å². The highest BCUT2D eigenvalue weighted by atomic mass is 16.6. The van der Waals surface area contributed by atoms with E-state index in [-0.39, 0.29) is 5.69 Å². The van der Waals surface area contributed by atoms with Crippen molar-refractivity contribution in [1.82, 2.24) is 15.1 Å². The Morgan fingerprint density at radius 1 is 1.06 bits per heavy atom. The molecule has 0 unspecified atom stereocenters. The van der Waals surface area contributed by atoms with Gasteiger partial charge in [-0.25, -0.2) is 9.48 Å². The zero-order valence-corrected chi connectivity index (χ0v) is 18.0. The summed E-state index contributed by atoms with van der Waals surface area (Å²) < 4.78 is 12.1. The number of rotatable bonds is 6. The van der Waals surface area contributed by atoms with E-state index >= 15 is 0 Å². The van der Waals surface area contributed by atoms with Crippen LogP contribution in [0.5, 0.6) is 5.75 Å². The number of carbonyl (C=O) groups excluding carboxylic acids is 2. The Labute approximate surface area is 181 Å². The first-order chi connectivity index (χ1) is 14.7. The molecule has 1 aromatic heterocycles. The molecule has 162 valence electrons. The summed E-state index contributed by atoms with van der Waals surface area (Å²) in [6, 6.07) is 16.6. The zero-order valence-electron chi connectivity index (χ0n) is 18.0. The smallest absolute Gasteiger partial charge is 0.407 e. The lowest BCUT2D eigenvalue weighted by Gasteiger charge is -2.19. The van der Waals surface area contributed by atoms with Crippen molar-refractivity contribution in [3.8, 4) is 22.7 Å². The minimum Gasteiger partial charge on any atom is -0.497 e. The second-order valence-electron chi connectivity index (χ2n) is 7.94. The van der Waals surface area contributed by atoms with Crippen molar-refractivity contribution in [3.05, 3.63) is 65.9 Å². The lowest BCUT2D eigenvalue weighted by atomic mass is 10.1. The number of nitrogens with two attached hydrogens (primary N) is 1. The van der Waals surface area contributed by atoms with Gasteiger partial charge in [-0.2, -0.15) is 5.10 Å². The molecule has 3 rings (SSSR count). The van der Waals surface area contributed by atoms with Crippen LogP contribution >= 0.6 is 0 Å². The van der Waals surface area contributed by atoms with Gasteiger partial charge in [0.05, 0.1) is 18.5 Å². The number of benzene rings is 2. The second kappa shape index (κ2) is 8.91. The number of nitrogens with one attached hydrogen (secondary N) is 1. The van der Waals surface area contributed by atoms with Crippen molar-refractivity contribution in [2.75, 3.05) is 7.11 Å². The molecular weight excluding hydrogens is 396 g/mol. The quantitative estimate of drug-likeness (QED) is 0.630. The molecule has 0 aliphatic heterocycles. The molecule has 0 bridgehead atoms. The molecular formula is C23H26N4O4. The highest BCUT2D eigenvalue weighted by Crippen LogP contribution is 2.25. The van der Waals surface area contributed by atoms with Crippen LogP contribution in [0.15, 0.2) is 54.6 Å². The van der Waals surface area contributed by atoms with Crippen LogP contribution < -0.4 is 15.8 Å². The molecule has 0 aliphatic rings. The third-order valence-corrected chi connectivity index (χ3v) is 4.36. The Bertz CT molecular complexity index is 1060. The van der Waals surface area contributed by atoms with E-state index in [1.807, 2.05) is 69.3 Å². The van der Waals surface area contributed by atoms with Gasteiger partial charge in [-0.3, -0.25) is 4.79 Å². The summed E-state index contributed by atoms with van der Waals surface area (Å²) >= 11 is 0. The van der Waals surface area contributed by atoms with E-state index in [0.717, 1.165) is 22.6 Å². The van der Waals surface area contributed by atoms with E-state index < -0.39 is 17.6 Å². The Morgan fingerprint density at radius 2 is 1.71 bits per heavy atom. The molecule has 3 N–H and O–H groups in total. The van der Waals surface area contributed by atoms with Crippen LogP contribution in [0.1, 0.15) is 36.8 Å². The van der Waals surface area contributed by atoms with E-state index in [2.05, 4.69) is 10.4 Å². The van der Waals surface area contributed by atoms with Crippen molar-refractivity contribution >= 4 is 12.0 Å². The SMILES string of the molecule is COc1ccc(-n2nc(C(N)=O)cc2-c2ccc(CNC(=O)OC(C)(C)C)cc2)cc1. The fourth-order valence-electron chi connectivity index (χ4n) is 2.91. The largest absolute Gasteiger partial charge is 0.497 e. The topological polar surface area (TPSA) is 108 Å². The molecule has 0 spiro atoms. The van der Waals surface area contributed by atoms with E-state index in [4.69, 9.17) is 15.2 Å². The molecule has 0 saturated heterocycles. The van der Waals surface area contributed by atoms with Crippen molar-refractivity contribution in [2.45, 2.75) is 32.9 Å². The molecule has 0 saturated carbocycles. The van der Waals surface area contributed by atoms with Crippen LogP contribution in [0.25, 0.3) is 16.9 Å². The van der Waals surface area contributed by atoms with Gasteiger partial charge in [0.1, 0.15) is 11.4 Å². The number of primary amides is 1. The Morgan fingerprint density at radius 3 is 2.26 bits per heavy atom. The Hall–Kier alpha value is -3.81. The van der Waals surface area contributed by atoms with Crippen LogP contribution in [-0.2, 0) is 11.3 Å². The van der Waals surface area contributed by atoms with Crippen molar-refractivity contribution in [3.63, 3.8) is 0 Å². The molecule has 1 heterocycles. The molecule has 0 aliphatic carbocycles. The zero-order chi connectivity index (χ0) is 22.6. The van der Waals surface area contributed by atoms with Gasteiger partial charge in [0.15, 0.2) is 5.69 Å². The monoisotopic (exact) mass is 422 g/mol. The van der Waals surface area contributed by atoms with E-state index in [9.17, 15) is 9.59 Å². The van der Waals surface area contributed by atoms with Crippen LogP contribution in [0.4, 0.5) is 4.79 Å². The molecule has 8 nitrogen and oxygen atoms in total. The average Bonchev–Trinajstić information content (AvgIpc) is 3.17. The van der Waals surface area contributed by atoms with E-state index in [1.165, 1.54) is 0 Å². The van der Waals surface area contributed by atoms with Crippen LogP contribution in [0.3, 0.4) is 0 Å². The molecule has 3 aromatic rings. The number of aromatic nitrogens is 2. The van der Waals surface area contributed by atoms with Gasteiger partial charge < -0.3 is 20.5 Å². The first kappa shape index (κ1) is 21.9. The summed E-state index contributed by atoms with van der Waals surface area (Å²) in [7, 11) is 1.60. The Balaban J connectivity index is 1.83. The van der Waals surface area contributed by atoms with E-state index in [1.54, 1.807) is 17.9 Å². The number of nitrogens with zero attached hydrogens (tertiary/aromatic N) is 2. The van der Waals surface area contributed by atoms with Crippen LogP contribution in [0.2, 0.25) is 0 Å². The van der Waals surface area contributed by atoms with Gasteiger partial charge in [0.25, 0.3) is 5.91 Å². The third-order valence-electron chi connectivity index (χ3n) is 4.36. The predicted molar refractivity (Wildman–Crippen MR) is 117 cm³/mol. The van der Waals surface area contributed by atoms with Crippen LogP contribution in [0, 0.1) is 0 Å². The number of alkyl carbamates (subject to hydrolysis) is 1. The van der Waals surface area contributed by atoms with Crippen LogP contribution in [-0.4, -0.2) is 34.5 Å². The highest BCUT2D eigenvalue weighted by Gasteiger charge is 2.17. The fourth-order valence-corrected chi connectivity index (χ4v) is 2.91. The molecule has 0 radical (unpaired) electrons. The maximum absolute atomic E-state index is 11.8. The maximum Gasteiger partial charge on any atom is 0.407 e. The molecule has 2 amide bonds. The lowest BCUT2D eigenvalue weighted by Crippen LogP contribution is -2.32. The third kappa shape index (κ3) is 5.63. The molecule has 8 heteroatoms. The highest BCUT2D eigenvalue weighted by molar-refractivity contribution is 5.92. The van der Waals surface area contributed by atoms with Crippen molar-refractivity contribution < 1.29 is 19.1 Å². The predicted octanol–water partition coefficient (Wildman–Crippen LogP) is 3.67. The Kier molecular flexibility index (Phi) is 6.29. The van der Waals surface area contributed by atoms with Gasteiger partial charge in [-0.1, -0.05) is 24.3 Å². The number of hydrogen-bond acceptors (Lipinski definition) is 5. The standard InChI is InChI=1S/C23H26N4O4/c1-23(2,3)31-22(29)25-14-15-5-7-16(8-6-15)20-13-19(21(24)28)26-27(20)17-9-11-18(30-4)12-10-17/h5-13H,14H2,1-4H3,(H2,24,28)(H,25,29). The molecule has 2 aromatic carbocycles. The van der Waals surface area contributed by atoms with Crippen molar-refractivity contribution in [1.29, 1.82) is 0 Å². The molecule has 0 atom stereocenters. The summed E-state index contributed by atoms with van der Waals surface area (Å²) in [5.41, 5.74) is 8.29. The number of hydrogen-bond donors (Lipinski definition) is 2. The minimum absolute atomic E-state index is 0.168. The number of amides is 2. The molecule has 0 fully saturated rings. The number of carbonyl (C=O) groups is 2. The number of ether oxygens (including phenoxy) is 2.